The molecule has 20 heavy (non-hydrogen) atoms. The summed E-state index contributed by atoms with van der Waals surface area (Å²) >= 11 is 0. The molecule has 0 radical (unpaired) electrons. The highest BCUT2D eigenvalue weighted by atomic mass is 16.5. The Bertz CT molecular complexity index is 421. The fourth-order valence-electron chi connectivity index (χ4n) is 1.61. The number of anilines is 1. The lowest BCUT2D eigenvalue weighted by molar-refractivity contribution is -0.117. The van der Waals surface area contributed by atoms with Crippen LogP contribution in [0.4, 0.5) is 5.69 Å². The number of carbonyl (C=O) groups is 1. The Balaban J connectivity index is 2.50. The van der Waals surface area contributed by atoms with Gasteiger partial charge in [0.15, 0.2) is 0 Å². The van der Waals surface area contributed by atoms with E-state index in [1.165, 1.54) is 0 Å². The number of carbonyl (C=O) groups excluding carboxylic acids is 1. The second kappa shape index (κ2) is 7.29. The van der Waals surface area contributed by atoms with Crippen LogP contribution in [-0.2, 0) is 4.79 Å². The maximum atomic E-state index is 12.0. The molecule has 0 aliphatic rings. The molecule has 1 atom stereocenters. The number of hydrogen-bond acceptors (Lipinski definition) is 3. The smallest absolute Gasteiger partial charge is 0.224 e. The molecule has 0 aliphatic carbocycles. The summed E-state index contributed by atoms with van der Waals surface area (Å²) in [4.78, 5) is 12.0. The number of benzene rings is 1. The van der Waals surface area contributed by atoms with E-state index >= 15 is 0 Å². The van der Waals surface area contributed by atoms with Crippen molar-refractivity contribution in [1.82, 2.24) is 0 Å². The van der Waals surface area contributed by atoms with E-state index in [4.69, 9.17) is 10.5 Å². The van der Waals surface area contributed by atoms with E-state index < -0.39 is 0 Å². The van der Waals surface area contributed by atoms with Crippen molar-refractivity contribution in [2.45, 2.75) is 34.1 Å². The molecule has 1 aromatic rings. The molecule has 0 bridgehead atoms. The highest BCUT2D eigenvalue weighted by Gasteiger charge is 2.22. The van der Waals surface area contributed by atoms with Crippen molar-refractivity contribution in [3.63, 3.8) is 0 Å². The third-order valence-electron chi connectivity index (χ3n) is 3.49. The van der Waals surface area contributed by atoms with Gasteiger partial charge in [-0.25, -0.2) is 0 Å². The van der Waals surface area contributed by atoms with Crippen molar-refractivity contribution in [2.75, 3.05) is 18.5 Å². The van der Waals surface area contributed by atoms with Gasteiger partial charge in [0, 0.05) is 18.7 Å². The summed E-state index contributed by atoms with van der Waals surface area (Å²) in [5.41, 5.74) is 6.30. The van der Waals surface area contributed by atoms with Crippen molar-refractivity contribution in [2.24, 2.45) is 17.1 Å². The number of hydrogen-bond donors (Lipinski definition) is 2. The lowest BCUT2D eigenvalue weighted by Gasteiger charge is -2.26. The van der Waals surface area contributed by atoms with E-state index in [2.05, 4.69) is 33.0 Å². The second-order valence-electron chi connectivity index (χ2n) is 6.18. The molecular weight excluding hydrogens is 252 g/mol. The zero-order chi connectivity index (χ0) is 15.2. The molecule has 4 heteroatoms. The Morgan fingerprint density at radius 2 is 1.90 bits per heavy atom. The van der Waals surface area contributed by atoms with Gasteiger partial charge in [0.1, 0.15) is 12.4 Å². The van der Waals surface area contributed by atoms with Gasteiger partial charge in [-0.15, -0.1) is 0 Å². The molecule has 1 unspecified atom stereocenters. The van der Waals surface area contributed by atoms with E-state index in [1.807, 2.05) is 24.3 Å². The predicted octanol–water partition coefficient (Wildman–Crippen LogP) is 3.03. The fraction of sp³-hybridized carbons (Fsp3) is 0.562. The van der Waals surface area contributed by atoms with Gasteiger partial charge < -0.3 is 15.8 Å². The van der Waals surface area contributed by atoms with Gasteiger partial charge in [-0.3, -0.25) is 4.79 Å². The third-order valence-corrected chi connectivity index (χ3v) is 3.49. The number of amides is 1. The second-order valence-corrected chi connectivity index (χ2v) is 6.18. The Labute approximate surface area is 121 Å². The molecule has 1 aromatic carbocycles. The molecule has 0 fully saturated rings. The Morgan fingerprint density at radius 3 is 2.40 bits per heavy atom. The first-order valence-electron chi connectivity index (χ1n) is 7.05. The molecule has 0 aromatic heterocycles. The van der Waals surface area contributed by atoms with Gasteiger partial charge in [-0.05, 0) is 35.6 Å². The summed E-state index contributed by atoms with van der Waals surface area (Å²) in [6.07, 6.45) is 0.523. The summed E-state index contributed by atoms with van der Waals surface area (Å²) in [7, 11) is 0. The molecule has 112 valence electrons. The summed E-state index contributed by atoms with van der Waals surface area (Å²) < 4.78 is 5.39. The minimum absolute atomic E-state index is 0.0445. The molecule has 0 aliphatic heterocycles. The molecule has 3 N–H and O–H groups in total. The summed E-state index contributed by atoms with van der Waals surface area (Å²) in [6, 6.07) is 7.34. The monoisotopic (exact) mass is 278 g/mol. The number of nitrogens with one attached hydrogen (secondary N) is 1. The number of nitrogens with two attached hydrogens (primary N) is 1. The Kier molecular flexibility index (Phi) is 6.02. The SMILES string of the molecule is CC(CC(=O)Nc1ccc(OCCN)cc1)C(C)(C)C. The lowest BCUT2D eigenvalue weighted by atomic mass is 9.80. The van der Waals surface area contributed by atoms with Crippen LogP contribution in [0, 0.1) is 11.3 Å². The average molecular weight is 278 g/mol. The zero-order valence-electron chi connectivity index (χ0n) is 12.9. The van der Waals surface area contributed by atoms with E-state index in [0.717, 1.165) is 11.4 Å². The van der Waals surface area contributed by atoms with Crippen molar-refractivity contribution < 1.29 is 9.53 Å². The van der Waals surface area contributed by atoms with Crippen molar-refractivity contribution >= 4 is 11.6 Å². The fourth-order valence-corrected chi connectivity index (χ4v) is 1.61. The van der Waals surface area contributed by atoms with E-state index in [1.54, 1.807) is 0 Å². The van der Waals surface area contributed by atoms with Crippen LogP contribution >= 0.6 is 0 Å². The van der Waals surface area contributed by atoms with Gasteiger partial charge in [-0.1, -0.05) is 27.7 Å². The molecular formula is C16H26N2O2. The van der Waals surface area contributed by atoms with Crippen LogP contribution in [0.5, 0.6) is 5.75 Å². The summed E-state index contributed by atoms with van der Waals surface area (Å²) in [6.45, 7) is 9.53. The van der Waals surface area contributed by atoms with Gasteiger partial charge in [-0.2, -0.15) is 0 Å². The number of ether oxygens (including phenoxy) is 1. The first-order valence-corrected chi connectivity index (χ1v) is 7.05. The molecule has 0 spiro atoms. The molecule has 4 nitrogen and oxygen atoms in total. The standard InChI is InChI=1S/C16H26N2O2/c1-12(16(2,3)4)11-15(19)18-13-5-7-14(8-6-13)20-10-9-17/h5-8,12H,9-11,17H2,1-4H3,(H,18,19). The first-order chi connectivity index (χ1) is 9.32. The quantitative estimate of drug-likeness (QED) is 0.840. The van der Waals surface area contributed by atoms with Gasteiger partial charge in [0.05, 0.1) is 0 Å². The number of rotatable bonds is 6. The third kappa shape index (κ3) is 5.61. The molecule has 1 amide bonds. The zero-order valence-corrected chi connectivity index (χ0v) is 12.9. The maximum absolute atomic E-state index is 12.0. The van der Waals surface area contributed by atoms with Crippen LogP contribution in [0.15, 0.2) is 24.3 Å². The average Bonchev–Trinajstić information content (AvgIpc) is 2.36. The van der Waals surface area contributed by atoms with Gasteiger partial charge >= 0.3 is 0 Å². The molecule has 0 heterocycles. The normalized spacial score (nSPS) is 12.8. The first kappa shape index (κ1) is 16.5. The lowest BCUT2D eigenvalue weighted by Crippen LogP contribution is -2.23. The minimum Gasteiger partial charge on any atom is -0.492 e. The maximum Gasteiger partial charge on any atom is 0.224 e. The molecule has 1 rings (SSSR count). The van der Waals surface area contributed by atoms with Crippen LogP contribution < -0.4 is 15.8 Å². The predicted molar refractivity (Wildman–Crippen MR) is 82.9 cm³/mol. The van der Waals surface area contributed by atoms with Crippen molar-refractivity contribution in [3.05, 3.63) is 24.3 Å². The van der Waals surface area contributed by atoms with Crippen LogP contribution in [-0.4, -0.2) is 19.1 Å². The Morgan fingerprint density at radius 1 is 1.30 bits per heavy atom. The van der Waals surface area contributed by atoms with Crippen molar-refractivity contribution in [3.8, 4) is 5.75 Å². The largest absolute Gasteiger partial charge is 0.492 e. The molecule has 0 saturated heterocycles. The topological polar surface area (TPSA) is 64.3 Å². The van der Waals surface area contributed by atoms with Crippen LogP contribution in [0.25, 0.3) is 0 Å². The molecule has 0 saturated carbocycles. The van der Waals surface area contributed by atoms with E-state index in [-0.39, 0.29) is 11.3 Å². The minimum atomic E-state index is 0.0445. The summed E-state index contributed by atoms with van der Waals surface area (Å²) in [5.74, 6) is 1.13. The summed E-state index contributed by atoms with van der Waals surface area (Å²) in [5, 5.41) is 2.91. The van der Waals surface area contributed by atoms with Gasteiger partial charge in [0.2, 0.25) is 5.91 Å². The van der Waals surface area contributed by atoms with Crippen molar-refractivity contribution in [1.29, 1.82) is 0 Å². The van der Waals surface area contributed by atoms with Gasteiger partial charge in [0.25, 0.3) is 0 Å². The Hall–Kier alpha value is -1.55. The van der Waals surface area contributed by atoms with E-state index in [9.17, 15) is 4.79 Å². The van der Waals surface area contributed by atoms with Crippen LogP contribution in [0.2, 0.25) is 0 Å². The van der Waals surface area contributed by atoms with E-state index in [0.29, 0.717) is 25.5 Å². The highest BCUT2D eigenvalue weighted by molar-refractivity contribution is 5.90. The highest BCUT2D eigenvalue weighted by Crippen LogP contribution is 2.28. The van der Waals surface area contributed by atoms with Crippen LogP contribution in [0.1, 0.15) is 34.1 Å². The van der Waals surface area contributed by atoms with Crippen LogP contribution in [0.3, 0.4) is 0 Å².